The van der Waals surface area contributed by atoms with Gasteiger partial charge in [0.1, 0.15) is 11.5 Å². The number of fused-ring (bicyclic) bond motifs is 1. The minimum atomic E-state index is 0.413. The second-order valence-electron chi connectivity index (χ2n) is 4.23. The van der Waals surface area contributed by atoms with Gasteiger partial charge in [0.2, 0.25) is 0 Å². The normalized spacial score (nSPS) is 10.3. The zero-order chi connectivity index (χ0) is 14.8. The van der Waals surface area contributed by atoms with Crippen molar-refractivity contribution in [1.29, 1.82) is 5.26 Å². The molecule has 0 amide bonds. The lowest BCUT2D eigenvalue weighted by molar-refractivity contribution is 0.314. The highest BCUT2D eigenvalue weighted by atomic mass is 16.6. The Labute approximate surface area is 119 Å². The van der Waals surface area contributed by atoms with Crippen molar-refractivity contribution in [3.63, 3.8) is 0 Å². The molecular formula is C14H10N4O3. The van der Waals surface area contributed by atoms with E-state index in [2.05, 4.69) is 14.9 Å². The molecule has 104 valence electrons. The lowest BCUT2D eigenvalue weighted by Crippen LogP contribution is -1.92. The van der Waals surface area contributed by atoms with E-state index in [1.54, 1.807) is 30.3 Å². The Morgan fingerprint density at radius 2 is 1.90 bits per heavy atom. The van der Waals surface area contributed by atoms with Crippen molar-refractivity contribution in [3.8, 4) is 23.3 Å². The van der Waals surface area contributed by atoms with Crippen LogP contribution in [-0.4, -0.2) is 17.4 Å². The molecule has 1 aromatic heterocycles. The average molecular weight is 282 g/mol. The molecule has 3 rings (SSSR count). The third-order valence-electron chi connectivity index (χ3n) is 2.88. The number of hydrogen-bond donors (Lipinski definition) is 1. The van der Waals surface area contributed by atoms with Gasteiger partial charge in [-0.05, 0) is 34.6 Å². The first-order chi connectivity index (χ1) is 10.2. The van der Waals surface area contributed by atoms with Gasteiger partial charge in [-0.3, -0.25) is 0 Å². The first kappa shape index (κ1) is 12.7. The van der Waals surface area contributed by atoms with E-state index in [4.69, 9.17) is 20.5 Å². The van der Waals surface area contributed by atoms with Crippen LogP contribution in [0.5, 0.6) is 17.2 Å². The van der Waals surface area contributed by atoms with Crippen molar-refractivity contribution in [1.82, 2.24) is 10.3 Å². The predicted octanol–water partition coefficient (Wildman–Crippen LogP) is 2.48. The summed E-state index contributed by atoms with van der Waals surface area (Å²) in [6.45, 7) is 0. The van der Waals surface area contributed by atoms with Gasteiger partial charge in [-0.15, -0.1) is 0 Å². The van der Waals surface area contributed by atoms with Gasteiger partial charge in [0.05, 0.1) is 24.4 Å². The molecule has 21 heavy (non-hydrogen) atoms. The van der Waals surface area contributed by atoms with Crippen molar-refractivity contribution in [2.45, 2.75) is 0 Å². The lowest BCUT2D eigenvalue weighted by Gasteiger charge is -2.08. The molecule has 0 aliphatic rings. The highest BCUT2D eigenvalue weighted by Gasteiger charge is 2.12. The number of nitrogen functional groups attached to an aromatic ring is 1. The second-order valence-corrected chi connectivity index (χ2v) is 4.23. The van der Waals surface area contributed by atoms with E-state index in [1.165, 1.54) is 7.11 Å². The molecule has 0 atom stereocenters. The molecule has 0 spiro atoms. The fourth-order valence-electron chi connectivity index (χ4n) is 1.89. The summed E-state index contributed by atoms with van der Waals surface area (Å²) in [7, 11) is 1.52. The summed E-state index contributed by atoms with van der Waals surface area (Å²) in [6, 6.07) is 10.2. The highest BCUT2D eigenvalue weighted by Crippen LogP contribution is 2.32. The van der Waals surface area contributed by atoms with E-state index < -0.39 is 0 Å². The standard InChI is InChI=1S/C14H10N4O3/c1-19-9-4-8(7-15)5-10(6-9)20-12-3-2-11(16)13-14(12)18-21-17-13/h2-6H,16H2,1H3. The van der Waals surface area contributed by atoms with Crippen LogP contribution in [0.2, 0.25) is 0 Å². The average Bonchev–Trinajstić information content (AvgIpc) is 3.00. The largest absolute Gasteiger partial charge is 0.497 e. The van der Waals surface area contributed by atoms with E-state index in [1.807, 2.05) is 6.07 Å². The minimum absolute atomic E-state index is 0.413. The number of rotatable bonds is 3. The second kappa shape index (κ2) is 5.02. The third-order valence-corrected chi connectivity index (χ3v) is 2.88. The van der Waals surface area contributed by atoms with Crippen LogP contribution in [0.25, 0.3) is 11.0 Å². The van der Waals surface area contributed by atoms with Crippen LogP contribution in [0, 0.1) is 11.3 Å². The van der Waals surface area contributed by atoms with Crippen molar-refractivity contribution < 1.29 is 14.1 Å². The van der Waals surface area contributed by atoms with Gasteiger partial charge >= 0.3 is 0 Å². The first-order valence-corrected chi connectivity index (χ1v) is 5.99. The minimum Gasteiger partial charge on any atom is -0.497 e. The van der Waals surface area contributed by atoms with E-state index in [0.717, 1.165) is 0 Å². The summed E-state index contributed by atoms with van der Waals surface area (Å²) in [5, 5.41) is 16.5. The SMILES string of the molecule is COc1cc(C#N)cc(Oc2ccc(N)c3nonc23)c1. The van der Waals surface area contributed by atoms with Gasteiger partial charge in [-0.1, -0.05) is 0 Å². The molecule has 2 N–H and O–H groups in total. The van der Waals surface area contributed by atoms with Gasteiger partial charge in [0.25, 0.3) is 0 Å². The molecule has 0 radical (unpaired) electrons. The van der Waals surface area contributed by atoms with Crippen LogP contribution in [0.3, 0.4) is 0 Å². The number of methoxy groups -OCH3 is 1. The molecule has 0 aliphatic heterocycles. The number of anilines is 1. The molecule has 1 heterocycles. The maximum atomic E-state index is 9.01. The quantitative estimate of drug-likeness (QED) is 0.735. The Hall–Kier alpha value is -3.27. The summed E-state index contributed by atoms with van der Waals surface area (Å²) >= 11 is 0. The highest BCUT2D eigenvalue weighted by molar-refractivity contribution is 5.90. The zero-order valence-corrected chi connectivity index (χ0v) is 11.0. The first-order valence-electron chi connectivity index (χ1n) is 5.99. The van der Waals surface area contributed by atoms with Crippen LogP contribution in [0.15, 0.2) is 35.0 Å². The predicted molar refractivity (Wildman–Crippen MR) is 74.0 cm³/mol. The maximum Gasteiger partial charge on any atom is 0.179 e. The van der Waals surface area contributed by atoms with Crippen LogP contribution in [0.4, 0.5) is 5.69 Å². The molecule has 0 unspecified atom stereocenters. The molecular weight excluding hydrogens is 272 g/mol. The lowest BCUT2D eigenvalue weighted by atomic mass is 10.2. The Bertz CT molecular complexity index is 851. The van der Waals surface area contributed by atoms with Crippen LogP contribution >= 0.6 is 0 Å². The smallest absolute Gasteiger partial charge is 0.179 e. The Balaban J connectivity index is 2.05. The van der Waals surface area contributed by atoms with Gasteiger partial charge in [0, 0.05) is 6.07 Å². The molecule has 3 aromatic rings. The Kier molecular flexibility index (Phi) is 3.04. The maximum absolute atomic E-state index is 9.01. The molecule has 7 nitrogen and oxygen atoms in total. The molecule has 0 saturated carbocycles. The van der Waals surface area contributed by atoms with Gasteiger partial charge in [-0.2, -0.15) is 5.26 Å². The van der Waals surface area contributed by atoms with E-state index in [-0.39, 0.29) is 0 Å². The van der Waals surface area contributed by atoms with E-state index in [0.29, 0.717) is 39.5 Å². The monoisotopic (exact) mass is 282 g/mol. The number of hydrogen-bond acceptors (Lipinski definition) is 7. The fraction of sp³-hybridized carbons (Fsp3) is 0.0714. The van der Waals surface area contributed by atoms with E-state index >= 15 is 0 Å². The Morgan fingerprint density at radius 1 is 1.14 bits per heavy atom. The number of benzene rings is 2. The summed E-state index contributed by atoms with van der Waals surface area (Å²) in [6.07, 6.45) is 0. The summed E-state index contributed by atoms with van der Waals surface area (Å²) in [5.74, 6) is 1.39. The van der Waals surface area contributed by atoms with Gasteiger partial charge in [0.15, 0.2) is 16.8 Å². The fourth-order valence-corrected chi connectivity index (χ4v) is 1.89. The molecule has 0 aliphatic carbocycles. The molecule has 7 heteroatoms. The number of aromatic nitrogens is 2. The number of ether oxygens (including phenoxy) is 2. The molecule has 0 bridgehead atoms. The number of nitriles is 1. The Morgan fingerprint density at radius 3 is 2.67 bits per heavy atom. The summed E-state index contributed by atoms with van der Waals surface area (Å²) in [4.78, 5) is 0. The zero-order valence-electron chi connectivity index (χ0n) is 11.0. The number of nitrogens with zero attached hydrogens (tertiary/aromatic N) is 3. The molecule has 0 saturated heterocycles. The summed E-state index contributed by atoms with van der Waals surface area (Å²) in [5.41, 5.74) is 7.48. The van der Waals surface area contributed by atoms with E-state index in [9.17, 15) is 0 Å². The molecule has 0 fully saturated rings. The summed E-state index contributed by atoms with van der Waals surface area (Å²) < 4.78 is 15.5. The topological polar surface area (TPSA) is 107 Å². The van der Waals surface area contributed by atoms with Crippen molar-refractivity contribution in [2.75, 3.05) is 12.8 Å². The van der Waals surface area contributed by atoms with Gasteiger partial charge in [-0.25, -0.2) is 4.63 Å². The number of nitrogens with two attached hydrogens (primary N) is 1. The van der Waals surface area contributed by atoms with Crippen LogP contribution in [-0.2, 0) is 0 Å². The van der Waals surface area contributed by atoms with Crippen LogP contribution < -0.4 is 15.2 Å². The van der Waals surface area contributed by atoms with Gasteiger partial charge < -0.3 is 15.2 Å². The molecule has 2 aromatic carbocycles. The van der Waals surface area contributed by atoms with Crippen molar-refractivity contribution in [2.24, 2.45) is 0 Å². The third kappa shape index (κ3) is 2.30. The van der Waals surface area contributed by atoms with Crippen LogP contribution in [0.1, 0.15) is 5.56 Å². The van der Waals surface area contributed by atoms with Crippen molar-refractivity contribution >= 4 is 16.7 Å². The van der Waals surface area contributed by atoms with Crippen molar-refractivity contribution in [3.05, 3.63) is 35.9 Å².